The molecule has 2 aromatic heterocycles. The normalized spacial score (nSPS) is 11.1. The maximum absolute atomic E-state index is 5.48. The first-order valence-electron chi connectivity index (χ1n) is 7.12. The monoisotopic (exact) mass is 297 g/mol. The molecule has 0 N–H and O–H groups in total. The average Bonchev–Trinajstić information content (AvgIpc) is 2.86. The number of aromatic nitrogens is 3. The van der Waals surface area contributed by atoms with Gasteiger partial charge >= 0.3 is 0 Å². The Morgan fingerprint density at radius 1 is 1.14 bits per heavy atom. The lowest BCUT2D eigenvalue weighted by Crippen LogP contribution is -2.00. The van der Waals surface area contributed by atoms with Gasteiger partial charge in [-0.25, -0.2) is 9.97 Å². The van der Waals surface area contributed by atoms with E-state index in [0.717, 1.165) is 39.4 Å². The van der Waals surface area contributed by atoms with Crippen LogP contribution in [0.2, 0.25) is 0 Å². The van der Waals surface area contributed by atoms with Gasteiger partial charge < -0.3 is 14.0 Å². The van der Waals surface area contributed by atoms with Gasteiger partial charge in [-0.1, -0.05) is 0 Å². The van der Waals surface area contributed by atoms with Crippen molar-refractivity contribution in [1.82, 2.24) is 14.5 Å². The molecule has 0 fully saturated rings. The number of nitrogens with zero attached hydrogens (tertiary/aromatic N) is 3. The topological polar surface area (TPSA) is 49.2 Å². The molecule has 22 heavy (non-hydrogen) atoms. The number of hydrogen-bond acceptors (Lipinski definition) is 4. The van der Waals surface area contributed by atoms with Gasteiger partial charge in [0.2, 0.25) is 0 Å². The first kappa shape index (κ1) is 14.5. The molecule has 5 nitrogen and oxygen atoms in total. The lowest BCUT2D eigenvalue weighted by atomic mass is 10.0. The van der Waals surface area contributed by atoms with Gasteiger partial charge in [-0.3, -0.25) is 0 Å². The molecule has 0 amide bonds. The highest BCUT2D eigenvalue weighted by atomic mass is 16.7. The summed E-state index contributed by atoms with van der Waals surface area (Å²) in [7, 11) is 3.60. The Labute approximate surface area is 129 Å². The van der Waals surface area contributed by atoms with Gasteiger partial charge in [0.25, 0.3) is 0 Å². The Balaban J connectivity index is 2.11. The van der Waals surface area contributed by atoms with Crippen LogP contribution < -0.4 is 4.74 Å². The van der Waals surface area contributed by atoms with Gasteiger partial charge in [-0.15, -0.1) is 0 Å². The van der Waals surface area contributed by atoms with E-state index in [1.807, 2.05) is 42.9 Å². The zero-order chi connectivity index (χ0) is 15.7. The number of aryl methyl sites for hydroxylation is 3. The second-order valence-electron chi connectivity index (χ2n) is 5.31. The molecule has 3 rings (SSSR count). The van der Waals surface area contributed by atoms with E-state index in [4.69, 9.17) is 9.47 Å². The summed E-state index contributed by atoms with van der Waals surface area (Å²) in [4.78, 5) is 9.17. The minimum atomic E-state index is 0.244. The van der Waals surface area contributed by atoms with Crippen LogP contribution in [0, 0.1) is 13.8 Å². The summed E-state index contributed by atoms with van der Waals surface area (Å²) in [5.74, 6) is 1.56. The summed E-state index contributed by atoms with van der Waals surface area (Å²) >= 11 is 0. The van der Waals surface area contributed by atoms with Crippen LogP contribution in [-0.4, -0.2) is 28.4 Å². The SMILES string of the molecule is COCOc1ccc(-c2nc(C)nc3c2ccn3C)c(C)c1. The third-order valence-corrected chi connectivity index (χ3v) is 3.63. The molecule has 0 radical (unpaired) electrons. The lowest BCUT2D eigenvalue weighted by Gasteiger charge is -2.11. The maximum atomic E-state index is 5.48. The molecular weight excluding hydrogens is 278 g/mol. The smallest absolute Gasteiger partial charge is 0.188 e. The minimum Gasteiger partial charge on any atom is -0.468 e. The number of benzene rings is 1. The van der Waals surface area contributed by atoms with E-state index in [2.05, 4.69) is 23.0 Å². The van der Waals surface area contributed by atoms with Crippen LogP contribution in [0.3, 0.4) is 0 Å². The third-order valence-electron chi connectivity index (χ3n) is 3.63. The van der Waals surface area contributed by atoms with E-state index in [0.29, 0.717) is 0 Å². The van der Waals surface area contributed by atoms with Crippen LogP contribution in [0.4, 0.5) is 0 Å². The van der Waals surface area contributed by atoms with Crippen molar-refractivity contribution in [1.29, 1.82) is 0 Å². The minimum absolute atomic E-state index is 0.244. The Morgan fingerprint density at radius 2 is 1.95 bits per heavy atom. The molecule has 0 atom stereocenters. The van der Waals surface area contributed by atoms with Gasteiger partial charge in [-0.2, -0.15) is 0 Å². The Bertz CT molecular complexity index is 824. The predicted molar refractivity (Wildman–Crippen MR) is 85.9 cm³/mol. The van der Waals surface area contributed by atoms with Crippen LogP contribution >= 0.6 is 0 Å². The molecule has 2 heterocycles. The molecule has 0 aliphatic heterocycles. The fraction of sp³-hybridized carbons (Fsp3) is 0.294. The average molecular weight is 297 g/mol. The number of hydrogen-bond donors (Lipinski definition) is 0. The Hall–Kier alpha value is -2.40. The maximum Gasteiger partial charge on any atom is 0.188 e. The zero-order valence-corrected chi connectivity index (χ0v) is 13.3. The van der Waals surface area contributed by atoms with Gasteiger partial charge in [-0.05, 0) is 43.7 Å². The second kappa shape index (κ2) is 5.77. The third kappa shape index (κ3) is 2.55. The van der Waals surface area contributed by atoms with Crippen molar-refractivity contribution in [2.75, 3.05) is 13.9 Å². The Morgan fingerprint density at radius 3 is 2.68 bits per heavy atom. The van der Waals surface area contributed by atoms with Crippen molar-refractivity contribution in [2.45, 2.75) is 13.8 Å². The standard InChI is InChI=1S/C17H19N3O2/c1-11-9-13(22-10-21-4)5-6-14(11)16-15-7-8-20(3)17(15)19-12(2)18-16/h5-9H,10H2,1-4H3. The molecule has 1 aromatic carbocycles. The molecule has 0 aliphatic carbocycles. The van der Waals surface area contributed by atoms with E-state index >= 15 is 0 Å². The number of ether oxygens (including phenoxy) is 2. The summed E-state index contributed by atoms with van der Waals surface area (Å²) in [6, 6.07) is 8.03. The van der Waals surface area contributed by atoms with Gasteiger partial charge in [0.05, 0.1) is 5.69 Å². The summed E-state index contributed by atoms with van der Waals surface area (Å²) in [6.07, 6.45) is 2.01. The molecule has 0 bridgehead atoms. The molecule has 5 heteroatoms. The molecule has 0 saturated carbocycles. The first-order chi connectivity index (χ1) is 10.6. The van der Waals surface area contributed by atoms with Crippen LogP contribution in [0.25, 0.3) is 22.3 Å². The number of rotatable bonds is 4. The van der Waals surface area contributed by atoms with Crippen LogP contribution in [-0.2, 0) is 11.8 Å². The first-order valence-corrected chi connectivity index (χ1v) is 7.12. The van der Waals surface area contributed by atoms with Crippen molar-refractivity contribution in [2.24, 2.45) is 7.05 Å². The summed E-state index contributed by atoms with van der Waals surface area (Å²) < 4.78 is 12.4. The van der Waals surface area contributed by atoms with Crippen LogP contribution in [0.5, 0.6) is 5.75 Å². The molecular formula is C17H19N3O2. The number of methoxy groups -OCH3 is 1. The van der Waals surface area contributed by atoms with Crippen molar-refractivity contribution in [3.8, 4) is 17.0 Å². The van der Waals surface area contributed by atoms with Crippen LogP contribution in [0.1, 0.15) is 11.4 Å². The largest absolute Gasteiger partial charge is 0.468 e. The summed E-state index contributed by atoms with van der Waals surface area (Å²) in [5, 5.41) is 1.06. The van der Waals surface area contributed by atoms with Crippen molar-refractivity contribution < 1.29 is 9.47 Å². The van der Waals surface area contributed by atoms with Crippen molar-refractivity contribution in [3.05, 3.63) is 41.9 Å². The van der Waals surface area contributed by atoms with E-state index in [9.17, 15) is 0 Å². The van der Waals surface area contributed by atoms with E-state index in [1.165, 1.54) is 0 Å². The van der Waals surface area contributed by atoms with Crippen molar-refractivity contribution in [3.63, 3.8) is 0 Å². The molecule has 3 aromatic rings. The van der Waals surface area contributed by atoms with E-state index < -0.39 is 0 Å². The Kier molecular flexibility index (Phi) is 3.81. The summed E-state index contributed by atoms with van der Waals surface area (Å²) in [5.41, 5.74) is 4.10. The highest BCUT2D eigenvalue weighted by Crippen LogP contribution is 2.31. The molecule has 114 valence electrons. The van der Waals surface area contributed by atoms with Gasteiger partial charge in [0.1, 0.15) is 17.2 Å². The zero-order valence-electron chi connectivity index (χ0n) is 13.3. The van der Waals surface area contributed by atoms with Crippen LogP contribution in [0.15, 0.2) is 30.5 Å². The molecule has 0 saturated heterocycles. The van der Waals surface area contributed by atoms with Gasteiger partial charge in [0, 0.05) is 31.3 Å². The molecule has 0 spiro atoms. The molecule has 0 unspecified atom stereocenters. The highest BCUT2D eigenvalue weighted by Gasteiger charge is 2.13. The number of fused-ring (bicyclic) bond motifs is 1. The van der Waals surface area contributed by atoms with E-state index in [1.54, 1.807) is 7.11 Å². The predicted octanol–water partition coefficient (Wildman–Crippen LogP) is 3.23. The second-order valence-corrected chi connectivity index (χ2v) is 5.31. The van der Waals surface area contributed by atoms with E-state index in [-0.39, 0.29) is 6.79 Å². The fourth-order valence-electron chi connectivity index (χ4n) is 2.57. The quantitative estimate of drug-likeness (QED) is 0.694. The molecule has 0 aliphatic rings. The fourth-order valence-corrected chi connectivity index (χ4v) is 2.57. The lowest BCUT2D eigenvalue weighted by molar-refractivity contribution is 0.0511. The highest BCUT2D eigenvalue weighted by molar-refractivity contribution is 5.92. The van der Waals surface area contributed by atoms with Gasteiger partial charge in [0.15, 0.2) is 6.79 Å². The van der Waals surface area contributed by atoms with Crippen molar-refractivity contribution >= 4 is 11.0 Å². The summed E-state index contributed by atoms with van der Waals surface area (Å²) in [6.45, 7) is 4.22.